The first-order chi connectivity index (χ1) is 14.2. The van der Waals surface area contributed by atoms with Gasteiger partial charge in [-0.3, -0.25) is 19.7 Å². The van der Waals surface area contributed by atoms with Gasteiger partial charge in [0, 0.05) is 18.2 Å². The van der Waals surface area contributed by atoms with E-state index in [1.54, 1.807) is 13.0 Å². The monoisotopic (exact) mass is 434 g/mol. The van der Waals surface area contributed by atoms with E-state index in [0.717, 1.165) is 6.92 Å². The molecule has 0 bridgehead atoms. The molecule has 2 aromatic rings. The second-order valence-corrected chi connectivity index (χ2v) is 6.54. The molecule has 0 fully saturated rings. The molecule has 0 heterocycles. The molecule has 1 amide bonds. The van der Waals surface area contributed by atoms with Crippen LogP contribution in [0.4, 0.5) is 17.1 Å². The summed E-state index contributed by atoms with van der Waals surface area (Å²) in [5.74, 6) is -0.819. The maximum Gasteiger partial charge on any atom is 0.296 e. The van der Waals surface area contributed by atoms with Crippen molar-refractivity contribution in [2.75, 3.05) is 19.5 Å². The molecule has 0 aliphatic heterocycles. The highest BCUT2D eigenvalue weighted by Gasteiger charge is 2.25. The number of amides is 1. The van der Waals surface area contributed by atoms with Crippen LogP contribution in [0.5, 0.6) is 11.5 Å². The minimum Gasteiger partial charge on any atom is -0.497 e. The largest absolute Gasteiger partial charge is 0.497 e. The fourth-order valence-electron chi connectivity index (χ4n) is 2.43. The van der Waals surface area contributed by atoms with Crippen molar-refractivity contribution in [3.63, 3.8) is 0 Å². The first kappa shape index (κ1) is 22.8. The van der Waals surface area contributed by atoms with Crippen molar-refractivity contribution >= 4 is 40.4 Å². The number of nitro benzene ring substituents is 1. The topological polar surface area (TPSA) is 132 Å². The van der Waals surface area contributed by atoms with E-state index in [2.05, 4.69) is 15.5 Å². The summed E-state index contributed by atoms with van der Waals surface area (Å²) in [6, 6.07) is 5.74. The Morgan fingerprint density at radius 3 is 2.47 bits per heavy atom. The van der Waals surface area contributed by atoms with Gasteiger partial charge in [-0.1, -0.05) is 17.7 Å². The number of carbonyl (C=O) groups excluding carboxylic acids is 2. The van der Waals surface area contributed by atoms with Crippen LogP contribution in [0.25, 0.3) is 0 Å². The minimum atomic E-state index is -1.54. The minimum absolute atomic E-state index is 0.0780. The summed E-state index contributed by atoms with van der Waals surface area (Å²) in [4.78, 5) is 35.2. The molecule has 2 rings (SSSR count). The summed E-state index contributed by atoms with van der Waals surface area (Å²) in [6.45, 7) is 2.84. The summed E-state index contributed by atoms with van der Waals surface area (Å²) in [5, 5.41) is 21.3. The maximum absolute atomic E-state index is 12.6. The number of rotatable bonds is 8. The number of aryl methyl sites for hydroxylation is 1. The predicted octanol–water partition coefficient (Wildman–Crippen LogP) is 4.25. The van der Waals surface area contributed by atoms with Gasteiger partial charge in [0.2, 0.25) is 6.04 Å². The number of nitro groups is 1. The number of Topliss-reactive ketones (excluding diaryl/α,β-unsaturated/α-hetero) is 1. The van der Waals surface area contributed by atoms with Gasteiger partial charge < -0.3 is 14.8 Å². The standard InChI is InChI=1S/C19H19ClN4O6/c1-10-5-6-13(15(7-10)24(27)28)22-23-18(11(2)25)19(26)21-14-8-12(29-3)9-16(30-4)17(14)20/h5-9,18H,1-4H3,(H,21,26). The zero-order chi connectivity index (χ0) is 22.4. The molecule has 0 radical (unpaired) electrons. The van der Waals surface area contributed by atoms with Gasteiger partial charge in [0.1, 0.15) is 16.5 Å². The lowest BCUT2D eigenvalue weighted by atomic mass is 10.2. The number of hydrogen-bond acceptors (Lipinski definition) is 8. The molecule has 0 spiro atoms. The van der Waals surface area contributed by atoms with Crippen LogP contribution in [0.1, 0.15) is 12.5 Å². The third kappa shape index (κ3) is 5.29. The highest BCUT2D eigenvalue weighted by atomic mass is 35.5. The molecule has 0 aliphatic carbocycles. The lowest BCUT2D eigenvalue weighted by Crippen LogP contribution is -2.32. The zero-order valence-corrected chi connectivity index (χ0v) is 17.4. The van der Waals surface area contributed by atoms with E-state index in [4.69, 9.17) is 21.1 Å². The van der Waals surface area contributed by atoms with Crippen LogP contribution in [-0.4, -0.2) is 36.9 Å². The number of anilines is 1. The van der Waals surface area contributed by atoms with Gasteiger partial charge in [-0.25, -0.2) is 0 Å². The molecule has 0 saturated heterocycles. The second kappa shape index (κ2) is 9.79. The Morgan fingerprint density at radius 2 is 1.90 bits per heavy atom. The normalized spacial score (nSPS) is 11.8. The number of nitrogens with one attached hydrogen (secondary N) is 1. The molecule has 0 aromatic heterocycles. The SMILES string of the molecule is COc1cc(NC(=O)C(N=Nc2ccc(C)cc2[N+](=O)[O-])C(C)=O)c(Cl)c(OC)c1. The quantitative estimate of drug-likeness (QED) is 0.285. The van der Waals surface area contributed by atoms with Gasteiger partial charge >= 0.3 is 0 Å². The summed E-state index contributed by atoms with van der Waals surface area (Å²) < 4.78 is 10.3. The van der Waals surface area contributed by atoms with Crippen LogP contribution in [0.2, 0.25) is 5.02 Å². The molecule has 0 saturated carbocycles. The summed E-state index contributed by atoms with van der Waals surface area (Å²) in [5.41, 5.74) is 0.427. The number of azo groups is 1. The average molecular weight is 435 g/mol. The van der Waals surface area contributed by atoms with E-state index in [9.17, 15) is 19.7 Å². The van der Waals surface area contributed by atoms with E-state index in [1.807, 2.05) is 0 Å². The molecule has 1 atom stereocenters. The molecule has 1 N–H and O–H groups in total. The van der Waals surface area contributed by atoms with Crippen LogP contribution in [0.3, 0.4) is 0 Å². The van der Waals surface area contributed by atoms with Gasteiger partial charge in [-0.2, -0.15) is 5.11 Å². The maximum atomic E-state index is 12.6. The first-order valence-electron chi connectivity index (χ1n) is 8.56. The molecule has 1 unspecified atom stereocenters. The molecule has 2 aromatic carbocycles. The number of methoxy groups -OCH3 is 2. The fourth-order valence-corrected chi connectivity index (χ4v) is 2.67. The highest BCUT2D eigenvalue weighted by Crippen LogP contribution is 2.36. The second-order valence-electron chi connectivity index (χ2n) is 6.16. The molecule has 11 heteroatoms. The molecular formula is C19H19ClN4O6. The molecule has 158 valence electrons. The third-order valence-corrected chi connectivity index (χ3v) is 4.36. The number of hydrogen-bond donors (Lipinski definition) is 1. The van der Waals surface area contributed by atoms with E-state index in [1.165, 1.54) is 38.5 Å². The Balaban J connectivity index is 2.34. The Hall–Kier alpha value is -3.53. The first-order valence-corrected chi connectivity index (χ1v) is 8.94. The van der Waals surface area contributed by atoms with Crippen LogP contribution >= 0.6 is 11.6 Å². The van der Waals surface area contributed by atoms with Crippen LogP contribution in [0.15, 0.2) is 40.6 Å². The Morgan fingerprint density at radius 1 is 1.20 bits per heavy atom. The Labute approximate surface area is 177 Å². The highest BCUT2D eigenvalue weighted by molar-refractivity contribution is 6.35. The zero-order valence-electron chi connectivity index (χ0n) is 16.6. The van der Waals surface area contributed by atoms with Crippen molar-refractivity contribution in [1.29, 1.82) is 0 Å². The van der Waals surface area contributed by atoms with Crippen molar-refractivity contribution in [2.24, 2.45) is 10.2 Å². The van der Waals surface area contributed by atoms with Gasteiger partial charge in [-0.05, 0) is 25.5 Å². The van der Waals surface area contributed by atoms with Crippen LogP contribution in [0, 0.1) is 17.0 Å². The summed E-state index contributed by atoms with van der Waals surface area (Å²) in [7, 11) is 2.82. The van der Waals surface area contributed by atoms with Gasteiger partial charge in [0.05, 0.1) is 24.8 Å². The summed E-state index contributed by atoms with van der Waals surface area (Å²) in [6.07, 6.45) is 0. The number of halogens is 1. The fraction of sp³-hybridized carbons (Fsp3) is 0.263. The van der Waals surface area contributed by atoms with Crippen molar-refractivity contribution in [3.8, 4) is 11.5 Å². The van der Waals surface area contributed by atoms with E-state index >= 15 is 0 Å². The molecule has 0 aliphatic rings. The van der Waals surface area contributed by atoms with Crippen LogP contribution in [-0.2, 0) is 9.59 Å². The predicted molar refractivity (Wildman–Crippen MR) is 110 cm³/mol. The molecule has 30 heavy (non-hydrogen) atoms. The van der Waals surface area contributed by atoms with Gasteiger partial charge in [0.25, 0.3) is 11.6 Å². The van der Waals surface area contributed by atoms with Crippen molar-refractivity contribution in [1.82, 2.24) is 0 Å². The number of ether oxygens (including phenoxy) is 2. The van der Waals surface area contributed by atoms with Crippen molar-refractivity contribution in [2.45, 2.75) is 19.9 Å². The van der Waals surface area contributed by atoms with E-state index < -0.39 is 22.7 Å². The van der Waals surface area contributed by atoms with E-state index in [0.29, 0.717) is 11.3 Å². The lowest BCUT2D eigenvalue weighted by molar-refractivity contribution is -0.384. The Kier molecular flexibility index (Phi) is 7.43. The Bertz CT molecular complexity index is 1020. The average Bonchev–Trinajstić information content (AvgIpc) is 2.70. The molecular weight excluding hydrogens is 416 g/mol. The van der Waals surface area contributed by atoms with Gasteiger partial charge in [-0.15, -0.1) is 5.11 Å². The molecule has 10 nitrogen and oxygen atoms in total. The smallest absolute Gasteiger partial charge is 0.296 e. The van der Waals surface area contributed by atoms with Crippen molar-refractivity contribution in [3.05, 3.63) is 51.0 Å². The van der Waals surface area contributed by atoms with Crippen LogP contribution < -0.4 is 14.8 Å². The number of ketones is 1. The van der Waals surface area contributed by atoms with Crippen molar-refractivity contribution < 1.29 is 24.0 Å². The van der Waals surface area contributed by atoms with E-state index in [-0.39, 0.29) is 27.8 Å². The van der Waals surface area contributed by atoms with Gasteiger partial charge in [0.15, 0.2) is 11.5 Å². The number of benzene rings is 2. The summed E-state index contributed by atoms with van der Waals surface area (Å²) >= 11 is 6.20. The third-order valence-electron chi connectivity index (χ3n) is 3.97. The lowest BCUT2D eigenvalue weighted by Gasteiger charge is -2.14. The number of nitrogens with zero attached hydrogens (tertiary/aromatic N) is 3. The number of carbonyl (C=O) groups is 2.